The minimum atomic E-state index is -0.0197. The van der Waals surface area contributed by atoms with Crippen LogP contribution in [0.1, 0.15) is 19.4 Å². The van der Waals surface area contributed by atoms with Crippen LogP contribution in [0.15, 0.2) is 41.1 Å². The lowest BCUT2D eigenvalue weighted by Gasteiger charge is -2.09. The zero-order valence-corrected chi connectivity index (χ0v) is 10.5. The maximum atomic E-state index is 11.6. The molecule has 4 nitrogen and oxygen atoms in total. The van der Waals surface area contributed by atoms with Gasteiger partial charge in [0.2, 0.25) is 5.91 Å². The highest BCUT2D eigenvalue weighted by molar-refractivity contribution is 5.78. The van der Waals surface area contributed by atoms with Gasteiger partial charge in [-0.3, -0.25) is 9.78 Å². The fourth-order valence-corrected chi connectivity index (χ4v) is 1.60. The minimum absolute atomic E-state index is 0.0197. The van der Waals surface area contributed by atoms with Gasteiger partial charge in [0.1, 0.15) is 5.69 Å². The van der Waals surface area contributed by atoms with Gasteiger partial charge in [-0.1, -0.05) is 19.9 Å². The normalized spacial score (nSPS) is 10.6. The molecule has 0 aliphatic carbocycles. The summed E-state index contributed by atoms with van der Waals surface area (Å²) in [6.07, 6.45) is 3.33. The maximum absolute atomic E-state index is 11.6. The molecule has 2 heterocycles. The highest BCUT2D eigenvalue weighted by Crippen LogP contribution is 2.21. The van der Waals surface area contributed by atoms with Gasteiger partial charge in [-0.25, -0.2) is 0 Å². The van der Waals surface area contributed by atoms with Crippen molar-refractivity contribution in [1.29, 1.82) is 0 Å². The van der Waals surface area contributed by atoms with E-state index in [1.807, 2.05) is 38.1 Å². The molecule has 2 aromatic rings. The lowest BCUT2D eigenvalue weighted by Crippen LogP contribution is -2.27. The predicted octanol–water partition coefficient (Wildman–Crippen LogP) is 2.61. The predicted molar refractivity (Wildman–Crippen MR) is 68.6 cm³/mol. The van der Waals surface area contributed by atoms with Crippen LogP contribution < -0.4 is 5.32 Å². The molecule has 1 N–H and O–H groups in total. The highest BCUT2D eigenvalue weighted by atomic mass is 16.3. The van der Waals surface area contributed by atoms with Gasteiger partial charge in [0, 0.05) is 24.2 Å². The first-order valence-electron chi connectivity index (χ1n) is 5.94. The smallest absolute Gasteiger partial charge is 0.222 e. The van der Waals surface area contributed by atoms with Crippen molar-refractivity contribution in [2.24, 2.45) is 5.92 Å². The van der Waals surface area contributed by atoms with E-state index in [1.165, 1.54) is 0 Å². The summed E-state index contributed by atoms with van der Waals surface area (Å²) in [5.41, 5.74) is 1.72. The number of hydrogen-bond acceptors (Lipinski definition) is 3. The fraction of sp³-hybridized carbons (Fsp3) is 0.286. The van der Waals surface area contributed by atoms with Gasteiger partial charge in [-0.05, 0) is 18.2 Å². The number of nitrogens with zero attached hydrogens (tertiary/aromatic N) is 1. The average Bonchev–Trinajstić information content (AvgIpc) is 2.89. The van der Waals surface area contributed by atoms with Crippen molar-refractivity contribution >= 4 is 5.91 Å². The summed E-state index contributed by atoms with van der Waals surface area (Å²) in [5, 5.41) is 2.88. The van der Waals surface area contributed by atoms with Crippen molar-refractivity contribution in [2.45, 2.75) is 20.4 Å². The molecule has 1 amide bonds. The number of pyridine rings is 1. The second-order valence-corrected chi connectivity index (χ2v) is 4.36. The third kappa shape index (κ3) is 2.77. The SMILES string of the molecule is CC(C)C(=O)NCc1cccnc1-c1ccco1. The van der Waals surface area contributed by atoms with Crippen LogP contribution in [-0.4, -0.2) is 10.9 Å². The van der Waals surface area contributed by atoms with Crippen LogP contribution in [0, 0.1) is 5.92 Å². The molecule has 2 rings (SSSR count). The largest absolute Gasteiger partial charge is 0.463 e. The number of rotatable bonds is 4. The highest BCUT2D eigenvalue weighted by Gasteiger charge is 2.11. The second kappa shape index (κ2) is 5.49. The Balaban J connectivity index is 2.16. The van der Waals surface area contributed by atoms with Gasteiger partial charge >= 0.3 is 0 Å². The van der Waals surface area contributed by atoms with E-state index >= 15 is 0 Å². The molecule has 0 radical (unpaired) electrons. The zero-order valence-electron chi connectivity index (χ0n) is 10.5. The molecule has 0 unspecified atom stereocenters. The van der Waals surface area contributed by atoms with Gasteiger partial charge in [0.15, 0.2) is 5.76 Å². The molecule has 0 aromatic carbocycles. The van der Waals surface area contributed by atoms with Crippen LogP contribution in [0.25, 0.3) is 11.5 Å². The summed E-state index contributed by atoms with van der Waals surface area (Å²) in [6.45, 7) is 4.19. The fourth-order valence-electron chi connectivity index (χ4n) is 1.60. The first-order chi connectivity index (χ1) is 8.68. The second-order valence-electron chi connectivity index (χ2n) is 4.36. The van der Waals surface area contributed by atoms with Gasteiger partial charge in [-0.2, -0.15) is 0 Å². The first-order valence-corrected chi connectivity index (χ1v) is 5.94. The Hall–Kier alpha value is -2.10. The Morgan fingerprint density at radius 2 is 2.22 bits per heavy atom. The molecule has 0 aliphatic rings. The van der Waals surface area contributed by atoms with Crippen LogP contribution in [-0.2, 0) is 11.3 Å². The molecule has 0 atom stereocenters. The third-order valence-electron chi connectivity index (χ3n) is 2.62. The molecule has 18 heavy (non-hydrogen) atoms. The molecule has 94 valence electrons. The van der Waals surface area contributed by atoms with Crippen molar-refractivity contribution < 1.29 is 9.21 Å². The van der Waals surface area contributed by atoms with E-state index in [2.05, 4.69) is 10.3 Å². The Morgan fingerprint density at radius 3 is 2.89 bits per heavy atom. The Labute approximate surface area is 106 Å². The molecular weight excluding hydrogens is 228 g/mol. The molecule has 0 saturated heterocycles. The van der Waals surface area contributed by atoms with Crippen LogP contribution in [0.5, 0.6) is 0 Å². The molecule has 0 aliphatic heterocycles. The standard InChI is InChI=1S/C14H16N2O2/c1-10(2)14(17)16-9-11-5-3-7-15-13(11)12-6-4-8-18-12/h3-8,10H,9H2,1-2H3,(H,16,17). The lowest BCUT2D eigenvalue weighted by atomic mass is 10.1. The molecule has 0 saturated carbocycles. The topological polar surface area (TPSA) is 55.1 Å². The van der Waals surface area contributed by atoms with Crippen LogP contribution in [0.3, 0.4) is 0 Å². The Bertz CT molecular complexity index is 518. The monoisotopic (exact) mass is 244 g/mol. The van der Waals surface area contributed by atoms with Crippen molar-refractivity contribution in [3.63, 3.8) is 0 Å². The number of furan rings is 1. The summed E-state index contributed by atoms with van der Waals surface area (Å²) < 4.78 is 5.34. The zero-order chi connectivity index (χ0) is 13.0. The number of amides is 1. The molecular formula is C14H16N2O2. The van der Waals surface area contributed by atoms with Gasteiger partial charge < -0.3 is 9.73 Å². The molecule has 0 bridgehead atoms. The molecule has 2 aromatic heterocycles. The van der Waals surface area contributed by atoms with Gasteiger partial charge in [0.05, 0.1) is 6.26 Å². The van der Waals surface area contributed by atoms with E-state index in [0.717, 1.165) is 11.3 Å². The van der Waals surface area contributed by atoms with E-state index in [1.54, 1.807) is 12.5 Å². The van der Waals surface area contributed by atoms with E-state index in [-0.39, 0.29) is 11.8 Å². The van der Waals surface area contributed by atoms with Crippen molar-refractivity contribution in [2.75, 3.05) is 0 Å². The number of carbonyl (C=O) groups excluding carboxylic acids is 1. The van der Waals surface area contributed by atoms with Gasteiger partial charge in [0.25, 0.3) is 0 Å². The van der Waals surface area contributed by atoms with Crippen LogP contribution >= 0.6 is 0 Å². The first kappa shape index (κ1) is 12.4. The van der Waals surface area contributed by atoms with E-state index < -0.39 is 0 Å². The Kier molecular flexibility index (Phi) is 3.77. The summed E-state index contributed by atoms with van der Waals surface area (Å²) in [5.74, 6) is 0.724. The quantitative estimate of drug-likeness (QED) is 0.899. The van der Waals surface area contributed by atoms with E-state index in [0.29, 0.717) is 12.3 Å². The maximum Gasteiger partial charge on any atom is 0.222 e. The van der Waals surface area contributed by atoms with E-state index in [4.69, 9.17) is 4.42 Å². The minimum Gasteiger partial charge on any atom is -0.463 e. The van der Waals surface area contributed by atoms with Crippen LogP contribution in [0.4, 0.5) is 0 Å². The van der Waals surface area contributed by atoms with Crippen LogP contribution in [0.2, 0.25) is 0 Å². The lowest BCUT2D eigenvalue weighted by molar-refractivity contribution is -0.124. The third-order valence-corrected chi connectivity index (χ3v) is 2.62. The Morgan fingerprint density at radius 1 is 1.39 bits per heavy atom. The molecule has 0 spiro atoms. The number of carbonyl (C=O) groups is 1. The number of hydrogen-bond donors (Lipinski definition) is 1. The van der Waals surface area contributed by atoms with Gasteiger partial charge in [-0.15, -0.1) is 0 Å². The summed E-state index contributed by atoms with van der Waals surface area (Å²) in [6, 6.07) is 7.46. The van der Waals surface area contributed by atoms with Crippen molar-refractivity contribution in [3.8, 4) is 11.5 Å². The summed E-state index contributed by atoms with van der Waals surface area (Å²) >= 11 is 0. The number of nitrogens with one attached hydrogen (secondary N) is 1. The average molecular weight is 244 g/mol. The number of aromatic nitrogens is 1. The van der Waals surface area contributed by atoms with Crippen molar-refractivity contribution in [1.82, 2.24) is 10.3 Å². The van der Waals surface area contributed by atoms with E-state index in [9.17, 15) is 4.79 Å². The molecule has 4 heteroatoms. The summed E-state index contributed by atoms with van der Waals surface area (Å²) in [4.78, 5) is 15.9. The van der Waals surface area contributed by atoms with Crippen molar-refractivity contribution in [3.05, 3.63) is 42.3 Å². The summed E-state index contributed by atoms with van der Waals surface area (Å²) in [7, 11) is 0. The molecule has 0 fully saturated rings.